The van der Waals surface area contributed by atoms with E-state index in [1.54, 1.807) is 0 Å². The first-order valence-corrected chi connectivity index (χ1v) is 10.1. The highest BCUT2D eigenvalue weighted by molar-refractivity contribution is 5.39. The minimum atomic E-state index is 0.593. The second-order valence-electron chi connectivity index (χ2n) is 7.84. The molecule has 3 heteroatoms. The van der Waals surface area contributed by atoms with Crippen molar-refractivity contribution in [2.24, 2.45) is 5.92 Å². The van der Waals surface area contributed by atoms with E-state index >= 15 is 0 Å². The number of rotatable bonds is 6. The fraction of sp³-hybridized carbons (Fsp3) is 0.714. The first kappa shape index (κ1) is 16.4. The summed E-state index contributed by atoms with van der Waals surface area (Å²) in [5.41, 5.74) is 3.05. The SMILES string of the molecule is c1cc2c(cc1OCCCN1CCCCC1)CCNC2C1CCC1. The Labute approximate surface area is 146 Å². The Morgan fingerprint density at radius 3 is 2.75 bits per heavy atom. The molecule has 1 atom stereocenters. The van der Waals surface area contributed by atoms with Crippen LogP contribution in [0, 0.1) is 5.92 Å². The summed E-state index contributed by atoms with van der Waals surface area (Å²) in [6.07, 6.45) is 10.7. The van der Waals surface area contributed by atoms with Crippen molar-refractivity contribution in [1.29, 1.82) is 0 Å². The number of benzene rings is 1. The van der Waals surface area contributed by atoms with E-state index in [0.29, 0.717) is 6.04 Å². The van der Waals surface area contributed by atoms with Crippen molar-refractivity contribution < 1.29 is 4.74 Å². The van der Waals surface area contributed by atoms with Crippen LogP contribution in [0.1, 0.15) is 62.1 Å². The van der Waals surface area contributed by atoms with Crippen LogP contribution in [0.15, 0.2) is 18.2 Å². The molecule has 1 aliphatic carbocycles. The van der Waals surface area contributed by atoms with Gasteiger partial charge in [0.05, 0.1) is 6.61 Å². The van der Waals surface area contributed by atoms with Crippen LogP contribution in [0.5, 0.6) is 5.75 Å². The van der Waals surface area contributed by atoms with Gasteiger partial charge in [-0.15, -0.1) is 0 Å². The molecule has 1 aromatic carbocycles. The Hall–Kier alpha value is -1.06. The fourth-order valence-corrected chi connectivity index (χ4v) is 4.52. The van der Waals surface area contributed by atoms with E-state index in [1.165, 1.54) is 69.3 Å². The standard InChI is InChI=1S/C21H32N2O/c1-2-12-23(13-3-1)14-5-15-24-19-8-9-20-18(16-19)10-11-22-21(20)17-6-4-7-17/h8-9,16-17,21-22H,1-7,10-15H2. The zero-order chi connectivity index (χ0) is 16.2. The van der Waals surface area contributed by atoms with Crippen molar-refractivity contribution >= 4 is 0 Å². The predicted octanol–water partition coefficient (Wildman–Crippen LogP) is 3.93. The summed E-state index contributed by atoms with van der Waals surface area (Å²) in [4.78, 5) is 2.59. The summed E-state index contributed by atoms with van der Waals surface area (Å²) in [7, 11) is 0. The second-order valence-corrected chi connectivity index (χ2v) is 7.84. The van der Waals surface area contributed by atoms with E-state index in [4.69, 9.17) is 4.74 Å². The van der Waals surface area contributed by atoms with Gasteiger partial charge in [-0.3, -0.25) is 0 Å². The zero-order valence-electron chi connectivity index (χ0n) is 14.9. The van der Waals surface area contributed by atoms with Gasteiger partial charge in [-0.1, -0.05) is 18.9 Å². The monoisotopic (exact) mass is 328 g/mol. The Morgan fingerprint density at radius 1 is 1.08 bits per heavy atom. The Morgan fingerprint density at radius 2 is 1.96 bits per heavy atom. The molecule has 0 radical (unpaired) electrons. The van der Waals surface area contributed by atoms with Crippen molar-refractivity contribution in [1.82, 2.24) is 10.2 Å². The van der Waals surface area contributed by atoms with Crippen molar-refractivity contribution in [3.8, 4) is 5.75 Å². The lowest BCUT2D eigenvalue weighted by molar-refractivity contribution is 0.204. The summed E-state index contributed by atoms with van der Waals surface area (Å²) >= 11 is 0. The van der Waals surface area contributed by atoms with Gasteiger partial charge in [-0.25, -0.2) is 0 Å². The molecule has 1 saturated carbocycles. The number of piperidine rings is 1. The van der Waals surface area contributed by atoms with Crippen LogP contribution >= 0.6 is 0 Å². The van der Waals surface area contributed by atoms with Crippen LogP contribution in [0.25, 0.3) is 0 Å². The number of fused-ring (bicyclic) bond motifs is 1. The highest BCUT2D eigenvalue weighted by Crippen LogP contribution is 2.40. The van der Waals surface area contributed by atoms with E-state index in [-0.39, 0.29) is 0 Å². The molecule has 3 aliphatic rings. The molecule has 1 saturated heterocycles. The highest BCUT2D eigenvalue weighted by Gasteiger charge is 2.31. The van der Waals surface area contributed by atoms with Gasteiger partial charge < -0.3 is 15.0 Å². The number of nitrogens with zero attached hydrogens (tertiary/aromatic N) is 1. The summed E-state index contributed by atoms with van der Waals surface area (Å²) in [6.45, 7) is 5.73. The third-order valence-electron chi connectivity index (χ3n) is 6.17. The number of hydrogen-bond acceptors (Lipinski definition) is 3. The first-order chi connectivity index (χ1) is 11.9. The van der Waals surface area contributed by atoms with E-state index in [0.717, 1.165) is 37.7 Å². The lowest BCUT2D eigenvalue weighted by Crippen LogP contribution is -2.37. The van der Waals surface area contributed by atoms with E-state index in [9.17, 15) is 0 Å². The molecule has 1 unspecified atom stereocenters. The Bertz CT molecular complexity index is 535. The van der Waals surface area contributed by atoms with Crippen LogP contribution in [0.4, 0.5) is 0 Å². The van der Waals surface area contributed by atoms with Gasteiger partial charge in [-0.05, 0) is 87.3 Å². The minimum absolute atomic E-state index is 0.593. The molecule has 2 heterocycles. The van der Waals surface area contributed by atoms with Crippen molar-refractivity contribution in [3.63, 3.8) is 0 Å². The maximum Gasteiger partial charge on any atom is 0.119 e. The zero-order valence-corrected chi connectivity index (χ0v) is 14.9. The Balaban J connectivity index is 1.28. The molecule has 2 aliphatic heterocycles. The summed E-state index contributed by atoms with van der Waals surface area (Å²) in [5.74, 6) is 1.93. The topological polar surface area (TPSA) is 24.5 Å². The first-order valence-electron chi connectivity index (χ1n) is 10.1. The van der Waals surface area contributed by atoms with Gasteiger partial charge in [0.1, 0.15) is 5.75 Å². The van der Waals surface area contributed by atoms with Crippen LogP contribution in [0.2, 0.25) is 0 Å². The average molecular weight is 328 g/mol. The molecular formula is C21H32N2O. The quantitative estimate of drug-likeness (QED) is 0.801. The van der Waals surface area contributed by atoms with Gasteiger partial charge in [0.2, 0.25) is 0 Å². The van der Waals surface area contributed by atoms with Gasteiger partial charge in [0, 0.05) is 12.6 Å². The predicted molar refractivity (Wildman–Crippen MR) is 98.6 cm³/mol. The molecule has 24 heavy (non-hydrogen) atoms. The minimum Gasteiger partial charge on any atom is -0.494 e. The molecule has 2 fully saturated rings. The van der Waals surface area contributed by atoms with Crippen LogP contribution in [-0.2, 0) is 6.42 Å². The number of ether oxygens (including phenoxy) is 1. The van der Waals surface area contributed by atoms with Gasteiger partial charge >= 0.3 is 0 Å². The molecular weight excluding hydrogens is 296 g/mol. The third-order valence-corrected chi connectivity index (χ3v) is 6.17. The van der Waals surface area contributed by atoms with Gasteiger partial charge in [0.15, 0.2) is 0 Å². The van der Waals surface area contributed by atoms with Crippen molar-refractivity contribution in [2.75, 3.05) is 32.8 Å². The highest BCUT2D eigenvalue weighted by atomic mass is 16.5. The molecule has 0 bridgehead atoms. The van der Waals surface area contributed by atoms with Crippen LogP contribution < -0.4 is 10.1 Å². The average Bonchev–Trinajstić information content (AvgIpc) is 2.58. The van der Waals surface area contributed by atoms with E-state index in [2.05, 4.69) is 28.4 Å². The molecule has 4 rings (SSSR count). The number of likely N-dealkylation sites (tertiary alicyclic amines) is 1. The van der Waals surface area contributed by atoms with Crippen LogP contribution in [0.3, 0.4) is 0 Å². The largest absolute Gasteiger partial charge is 0.494 e. The summed E-state index contributed by atoms with van der Waals surface area (Å²) in [5, 5.41) is 3.74. The molecule has 0 spiro atoms. The molecule has 0 aromatic heterocycles. The normalized spacial score (nSPS) is 25.1. The summed E-state index contributed by atoms with van der Waals surface area (Å²) in [6, 6.07) is 7.42. The lowest BCUT2D eigenvalue weighted by atomic mass is 9.75. The smallest absolute Gasteiger partial charge is 0.119 e. The van der Waals surface area contributed by atoms with Gasteiger partial charge in [0.25, 0.3) is 0 Å². The maximum atomic E-state index is 6.05. The molecule has 0 amide bonds. The van der Waals surface area contributed by atoms with E-state index in [1.807, 2.05) is 0 Å². The third kappa shape index (κ3) is 3.78. The molecule has 3 nitrogen and oxygen atoms in total. The van der Waals surface area contributed by atoms with Crippen molar-refractivity contribution in [2.45, 2.75) is 57.4 Å². The van der Waals surface area contributed by atoms with Gasteiger partial charge in [-0.2, -0.15) is 0 Å². The van der Waals surface area contributed by atoms with Crippen molar-refractivity contribution in [3.05, 3.63) is 29.3 Å². The molecule has 1 N–H and O–H groups in total. The molecule has 132 valence electrons. The summed E-state index contributed by atoms with van der Waals surface area (Å²) < 4.78 is 6.05. The van der Waals surface area contributed by atoms with E-state index < -0.39 is 0 Å². The lowest BCUT2D eigenvalue weighted by Gasteiger charge is -2.38. The maximum absolute atomic E-state index is 6.05. The number of hydrogen-bond donors (Lipinski definition) is 1. The molecule has 1 aromatic rings. The van der Waals surface area contributed by atoms with Crippen LogP contribution in [-0.4, -0.2) is 37.7 Å². The fourth-order valence-electron chi connectivity index (χ4n) is 4.52. The Kier molecular flexibility index (Phi) is 5.39. The number of nitrogens with one attached hydrogen (secondary N) is 1. The second kappa shape index (κ2) is 7.88.